The van der Waals surface area contributed by atoms with E-state index in [-0.39, 0.29) is 11.9 Å². The van der Waals surface area contributed by atoms with Gasteiger partial charge in [-0.3, -0.25) is 14.9 Å². The van der Waals surface area contributed by atoms with Gasteiger partial charge in [0.2, 0.25) is 0 Å². The zero-order valence-corrected chi connectivity index (χ0v) is 21.7. The second-order valence-electron chi connectivity index (χ2n) is 9.01. The van der Waals surface area contributed by atoms with Gasteiger partial charge in [-0.2, -0.15) is 5.26 Å². The number of fused-ring (bicyclic) bond motifs is 1. The SMILES string of the molecule is CS(N)=O.N#Cc1ccc2nccc(Nc3ccc(C(=O)Nc4cccc(NC5CC(N)C5)c4)cc3)c2c1. The Morgan fingerprint density at radius 3 is 2.42 bits per heavy atom. The van der Waals surface area contributed by atoms with Gasteiger partial charge in [0, 0.05) is 58.2 Å². The number of anilines is 4. The van der Waals surface area contributed by atoms with E-state index < -0.39 is 11.0 Å². The van der Waals surface area contributed by atoms with E-state index in [1.165, 1.54) is 6.26 Å². The van der Waals surface area contributed by atoms with Crippen LogP contribution in [-0.4, -0.2) is 33.4 Å². The van der Waals surface area contributed by atoms with Gasteiger partial charge in [-0.05, 0) is 79.6 Å². The molecule has 5 rings (SSSR count). The first-order valence-electron chi connectivity index (χ1n) is 12.0. The third kappa shape index (κ3) is 7.14. The maximum atomic E-state index is 12.8. The van der Waals surface area contributed by atoms with Crippen LogP contribution in [-0.2, 0) is 11.0 Å². The van der Waals surface area contributed by atoms with Gasteiger partial charge in [0.1, 0.15) is 0 Å². The predicted octanol–water partition coefficient (Wildman–Crippen LogP) is 4.24. The highest BCUT2D eigenvalue weighted by Crippen LogP contribution is 2.27. The second kappa shape index (κ2) is 12.3. The molecule has 0 saturated heterocycles. The highest BCUT2D eigenvalue weighted by atomic mass is 32.2. The Morgan fingerprint density at radius 2 is 1.74 bits per heavy atom. The minimum atomic E-state index is -1.11. The summed E-state index contributed by atoms with van der Waals surface area (Å²) in [6, 6.07) is 25.1. The summed E-state index contributed by atoms with van der Waals surface area (Å²) in [5.41, 5.74) is 11.2. The van der Waals surface area contributed by atoms with E-state index in [1.54, 1.807) is 24.4 Å². The van der Waals surface area contributed by atoms with Crippen LogP contribution in [0, 0.1) is 11.3 Å². The summed E-state index contributed by atoms with van der Waals surface area (Å²) in [4.78, 5) is 17.1. The molecule has 194 valence electrons. The number of nitrogens with zero attached hydrogens (tertiary/aromatic N) is 2. The first-order chi connectivity index (χ1) is 18.3. The molecule has 0 spiro atoms. The average Bonchev–Trinajstić information content (AvgIpc) is 2.88. The molecule has 1 amide bonds. The van der Waals surface area contributed by atoms with Gasteiger partial charge in [-0.15, -0.1) is 0 Å². The van der Waals surface area contributed by atoms with Crippen molar-refractivity contribution in [1.29, 1.82) is 5.26 Å². The van der Waals surface area contributed by atoms with Crippen LogP contribution in [0.4, 0.5) is 22.7 Å². The molecule has 4 aromatic rings. The molecule has 1 atom stereocenters. The van der Waals surface area contributed by atoms with Crippen molar-refractivity contribution in [1.82, 2.24) is 4.98 Å². The van der Waals surface area contributed by atoms with Crippen molar-refractivity contribution >= 4 is 50.5 Å². The molecule has 3 aromatic carbocycles. The molecule has 9 nitrogen and oxygen atoms in total. The molecule has 1 unspecified atom stereocenters. The molecule has 1 aliphatic rings. The monoisotopic (exact) mass is 527 g/mol. The third-order valence-corrected chi connectivity index (χ3v) is 5.96. The number of carbonyl (C=O) groups excluding carboxylic acids is 1. The van der Waals surface area contributed by atoms with Crippen molar-refractivity contribution in [3.63, 3.8) is 0 Å². The lowest BCUT2D eigenvalue weighted by Crippen LogP contribution is -2.44. The molecule has 1 fully saturated rings. The largest absolute Gasteiger partial charge is 0.382 e. The van der Waals surface area contributed by atoms with Crippen LogP contribution >= 0.6 is 0 Å². The van der Waals surface area contributed by atoms with E-state index in [1.807, 2.05) is 54.6 Å². The maximum absolute atomic E-state index is 12.8. The van der Waals surface area contributed by atoms with Crippen LogP contribution < -0.4 is 26.8 Å². The molecule has 1 saturated carbocycles. The summed E-state index contributed by atoms with van der Waals surface area (Å²) >= 11 is 0. The van der Waals surface area contributed by atoms with Gasteiger partial charge in [-0.25, -0.2) is 4.21 Å². The van der Waals surface area contributed by atoms with Gasteiger partial charge in [0.25, 0.3) is 5.91 Å². The number of nitrogens with two attached hydrogens (primary N) is 2. The molecular weight excluding hydrogens is 498 g/mol. The summed E-state index contributed by atoms with van der Waals surface area (Å²) in [7, 11) is -1.11. The standard InChI is InChI=1S/C27H24N6O.CH5NOS/c28-16-17-4-9-25-24(12-17)26(10-11-30-25)32-20-7-5-18(6-8-20)27(34)33-22-3-1-2-21(15-22)31-23-13-19(29)14-23;1-4(2)3/h1-12,15,19,23,31H,13-14,29H2,(H,30,32)(H,33,34);2H2,1H3. The summed E-state index contributed by atoms with van der Waals surface area (Å²) < 4.78 is 9.33. The Hall–Kier alpha value is -4.30. The normalized spacial score (nSPS) is 16.7. The van der Waals surface area contributed by atoms with Crippen LogP contribution in [0.1, 0.15) is 28.8 Å². The van der Waals surface area contributed by atoms with Crippen molar-refractivity contribution in [2.24, 2.45) is 10.9 Å². The molecule has 1 aromatic heterocycles. The number of benzene rings is 3. The third-order valence-electron chi connectivity index (χ3n) is 5.96. The number of rotatable bonds is 6. The van der Waals surface area contributed by atoms with E-state index in [4.69, 9.17) is 5.73 Å². The fourth-order valence-electron chi connectivity index (χ4n) is 4.09. The highest BCUT2D eigenvalue weighted by molar-refractivity contribution is 7.81. The number of nitrogens with one attached hydrogen (secondary N) is 3. The average molecular weight is 528 g/mol. The van der Waals surface area contributed by atoms with E-state index in [0.717, 1.165) is 46.5 Å². The van der Waals surface area contributed by atoms with Crippen LogP contribution in [0.5, 0.6) is 0 Å². The van der Waals surface area contributed by atoms with Crippen molar-refractivity contribution in [2.45, 2.75) is 24.9 Å². The van der Waals surface area contributed by atoms with Crippen LogP contribution in [0.2, 0.25) is 0 Å². The minimum absolute atomic E-state index is 0.178. The van der Waals surface area contributed by atoms with E-state index in [9.17, 15) is 14.3 Å². The predicted molar refractivity (Wildman–Crippen MR) is 153 cm³/mol. The topological polar surface area (TPSA) is 159 Å². The van der Waals surface area contributed by atoms with Crippen molar-refractivity contribution < 1.29 is 9.00 Å². The smallest absolute Gasteiger partial charge is 0.255 e. The second-order valence-corrected chi connectivity index (χ2v) is 10.0. The zero-order chi connectivity index (χ0) is 27.1. The molecule has 0 aliphatic heterocycles. The van der Waals surface area contributed by atoms with Gasteiger partial charge < -0.3 is 21.7 Å². The van der Waals surface area contributed by atoms with Crippen molar-refractivity contribution in [2.75, 3.05) is 22.2 Å². The quantitative estimate of drug-likeness (QED) is 0.251. The number of hydrogen-bond donors (Lipinski definition) is 5. The summed E-state index contributed by atoms with van der Waals surface area (Å²) in [6.45, 7) is 0. The van der Waals surface area contributed by atoms with E-state index >= 15 is 0 Å². The van der Waals surface area contributed by atoms with Gasteiger partial charge >= 0.3 is 0 Å². The minimum Gasteiger partial charge on any atom is -0.382 e. The van der Waals surface area contributed by atoms with Crippen LogP contribution in [0.15, 0.2) is 79.0 Å². The maximum Gasteiger partial charge on any atom is 0.255 e. The van der Waals surface area contributed by atoms with Gasteiger partial charge in [0.15, 0.2) is 0 Å². The molecule has 7 N–H and O–H groups in total. The van der Waals surface area contributed by atoms with E-state index in [0.29, 0.717) is 17.2 Å². The Labute approximate surface area is 223 Å². The Bertz CT molecular complexity index is 1490. The summed E-state index contributed by atoms with van der Waals surface area (Å²) in [5, 5.41) is 24.4. The lowest BCUT2D eigenvalue weighted by molar-refractivity contribution is 0.102. The number of amides is 1. The number of pyridine rings is 1. The molecule has 1 aliphatic carbocycles. The Balaban J connectivity index is 0.000000786. The fraction of sp³-hybridized carbons (Fsp3) is 0.179. The number of carbonyl (C=O) groups is 1. The van der Waals surface area contributed by atoms with E-state index in [2.05, 4.69) is 32.1 Å². The summed E-state index contributed by atoms with van der Waals surface area (Å²) in [5.74, 6) is -0.178. The summed E-state index contributed by atoms with van der Waals surface area (Å²) in [6.07, 6.45) is 5.07. The zero-order valence-electron chi connectivity index (χ0n) is 20.8. The molecule has 38 heavy (non-hydrogen) atoms. The molecule has 10 heteroatoms. The van der Waals surface area contributed by atoms with Crippen molar-refractivity contribution in [3.05, 3.63) is 90.1 Å². The number of nitriles is 1. The highest BCUT2D eigenvalue weighted by Gasteiger charge is 2.25. The number of aromatic nitrogens is 1. The first kappa shape index (κ1) is 26.8. The first-order valence-corrected chi connectivity index (χ1v) is 13.6. The number of hydrogen-bond acceptors (Lipinski definition) is 7. The van der Waals surface area contributed by atoms with Crippen LogP contribution in [0.3, 0.4) is 0 Å². The Kier molecular flexibility index (Phi) is 8.66. The van der Waals surface area contributed by atoms with Crippen LogP contribution in [0.25, 0.3) is 10.9 Å². The van der Waals surface area contributed by atoms with Gasteiger partial charge in [-0.1, -0.05) is 6.07 Å². The van der Waals surface area contributed by atoms with Gasteiger partial charge in [0.05, 0.1) is 28.1 Å². The lowest BCUT2D eigenvalue weighted by atomic mass is 9.87. The lowest BCUT2D eigenvalue weighted by Gasteiger charge is -2.33. The fourth-order valence-corrected chi connectivity index (χ4v) is 4.09. The molecular formula is C28H29N7O2S. The van der Waals surface area contributed by atoms with Crippen molar-refractivity contribution in [3.8, 4) is 6.07 Å². The molecule has 1 heterocycles. The Morgan fingerprint density at radius 1 is 1.03 bits per heavy atom. The molecule has 0 bridgehead atoms. The molecule has 0 radical (unpaired) electrons.